The van der Waals surface area contributed by atoms with Gasteiger partial charge in [0.15, 0.2) is 0 Å². The Balaban J connectivity index is 1.49. The fourth-order valence-corrected chi connectivity index (χ4v) is 3.93. The molecule has 0 atom stereocenters. The molecule has 0 saturated heterocycles. The monoisotopic (exact) mass is 557 g/mol. The van der Waals surface area contributed by atoms with Crippen molar-refractivity contribution in [3.05, 3.63) is 100 Å². The van der Waals surface area contributed by atoms with E-state index in [0.29, 0.717) is 0 Å². The van der Waals surface area contributed by atoms with Crippen LogP contribution in [-0.4, -0.2) is 30.3 Å². The van der Waals surface area contributed by atoms with E-state index in [4.69, 9.17) is 16.3 Å². The summed E-state index contributed by atoms with van der Waals surface area (Å²) < 4.78 is 44.6. The molecule has 0 fully saturated rings. The number of carbonyl (C=O) groups excluding carboxylic acids is 4. The lowest BCUT2D eigenvalue weighted by atomic mass is 10.1. The minimum atomic E-state index is -4.65. The van der Waals surface area contributed by atoms with Gasteiger partial charge < -0.3 is 15.4 Å². The van der Waals surface area contributed by atoms with Gasteiger partial charge in [0.05, 0.1) is 29.1 Å². The normalized spacial score (nSPS) is 13.5. The third kappa shape index (κ3) is 5.78. The third-order valence-electron chi connectivity index (χ3n) is 5.54. The minimum Gasteiger partial charge on any atom is -0.462 e. The molecular weight excluding hydrogens is 539 g/mol. The SMILES string of the molecule is CCOC(=O)c1cccc(N2C(=O)C(Cl)=C(Nc3ccc(C(=O)Nc4ccccc4C(F)(F)F)cc3)C2=O)c1. The standard InChI is InChI=1S/C27H19ClF3N3O5/c1-2-39-26(38)16-6-5-7-18(14-16)34-24(36)21(28)22(25(34)37)32-17-12-10-15(11-13-17)23(35)33-20-9-4-3-8-19(20)27(29,30)31/h3-14,32H,2H2,1H3,(H,33,35). The molecule has 0 unspecified atom stereocenters. The van der Waals surface area contributed by atoms with Gasteiger partial charge in [-0.1, -0.05) is 29.8 Å². The maximum Gasteiger partial charge on any atom is 0.418 e. The van der Waals surface area contributed by atoms with Crippen molar-refractivity contribution in [2.75, 3.05) is 22.1 Å². The molecule has 0 bridgehead atoms. The van der Waals surface area contributed by atoms with Crippen molar-refractivity contribution in [1.29, 1.82) is 0 Å². The van der Waals surface area contributed by atoms with Crippen molar-refractivity contribution in [1.82, 2.24) is 0 Å². The number of imide groups is 1. The van der Waals surface area contributed by atoms with Crippen LogP contribution < -0.4 is 15.5 Å². The number of halogens is 4. The Bertz CT molecular complexity index is 1500. The van der Waals surface area contributed by atoms with Crippen LogP contribution in [0, 0.1) is 0 Å². The van der Waals surface area contributed by atoms with Crippen LogP contribution in [0.2, 0.25) is 0 Å². The number of rotatable bonds is 7. The molecule has 200 valence electrons. The summed E-state index contributed by atoms with van der Waals surface area (Å²) >= 11 is 6.15. The fraction of sp³-hybridized carbons (Fsp3) is 0.111. The van der Waals surface area contributed by atoms with Crippen LogP contribution in [-0.2, 0) is 20.5 Å². The van der Waals surface area contributed by atoms with E-state index in [1.807, 2.05) is 0 Å². The smallest absolute Gasteiger partial charge is 0.418 e. The summed E-state index contributed by atoms with van der Waals surface area (Å²) in [7, 11) is 0. The molecule has 39 heavy (non-hydrogen) atoms. The van der Waals surface area contributed by atoms with Crippen molar-refractivity contribution in [3.8, 4) is 0 Å². The predicted octanol–water partition coefficient (Wildman–Crippen LogP) is 5.57. The Morgan fingerprint density at radius 3 is 2.28 bits per heavy atom. The summed E-state index contributed by atoms with van der Waals surface area (Å²) in [6, 6.07) is 15.7. The molecule has 0 saturated carbocycles. The first-order chi connectivity index (χ1) is 18.5. The maximum atomic E-state index is 13.2. The number of esters is 1. The first-order valence-electron chi connectivity index (χ1n) is 11.4. The number of carbonyl (C=O) groups is 4. The second-order valence-corrected chi connectivity index (χ2v) is 8.48. The first kappa shape index (κ1) is 27.4. The van der Waals surface area contributed by atoms with Gasteiger partial charge in [0, 0.05) is 11.3 Å². The molecule has 2 N–H and O–H groups in total. The molecule has 4 rings (SSSR count). The van der Waals surface area contributed by atoms with Crippen LogP contribution in [0.3, 0.4) is 0 Å². The molecule has 1 heterocycles. The number of para-hydroxylation sites is 1. The Labute approximate surface area is 225 Å². The summed E-state index contributed by atoms with van der Waals surface area (Å²) in [5.41, 5.74) is -1.05. The summed E-state index contributed by atoms with van der Waals surface area (Å²) in [6.07, 6.45) is -4.65. The maximum absolute atomic E-state index is 13.2. The summed E-state index contributed by atoms with van der Waals surface area (Å²) in [5.74, 6) is -3.00. The second kappa shape index (κ2) is 11.0. The van der Waals surface area contributed by atoms with Gasteiger partial charge in [0.1, 0.15) is 10.7 Å². The quantitative estimate of drug-likeness (QED) is 0.291. The molecule has 1 aliphatic rings. The van der Waals surface area contributed by atoms with Crippen LogP contribution in [0.15, 0.2) is 83.5 Å². The fourth-order valence-electron chi connectivity index (χ4n) is 3.72. The molecule has 0 radical (unpaired) electrons. The number of benzene rings is 3. The van der Waals surface area contributed by atoms with E-state index in [-0.39, 0.29) is 34.8 Å². The average molecular weight is 558 g/mol. The number of anilines is 3. The van der Waals surface area contributed by atoms with E-state index in [9.17, 15) is 32.3 Å². The molecule has 3 amide bonds. The number of hydrogen-bond acceptors (Lipinski definition) is 6. The highest BCUT2D eigenvalue weighted by Crippen LogP contribution is 2.35. The van der Waals surface area contributed by atoms with Crippen LogP contribution >= 0.6 is 11.6 Å². The molecule has 8 nitrogen and oxygen atoms in total. The predicted molar refractivity (Wildman–Crippen MR) is 137 cm³/mol. The van der Waals surface area contributed by atoms with Gasteiger partial charge in [-0.25, -0.2) is 9.69 Å². The number of nitrogens with zero attached hydrogens (tertiary/aromatic N) is 1. The average Bonchev–Trinajstić information content (AvgIpc) is 3.12. The van der Waals surface area contributed by atoms with Gasteiger partial charge in [0.25, 0.3) is 17.7 Å². The number of nitrogens with one attached hydrogen (secondary N) is 2. The second-order valence-electron chi connectivity index (χ2n) is 8.11. The number of hydrogen-bond donors (Lipinski definition) is 2. The Hall–Kier alpha value is -4.64. The lowest BCUT2D eigenvalue weighted by Gasteiger charge is -2.16. The highest BCUT2D eigenvalue weighted by atomic mass is 35.5. The zero-order chi connectivity index (χ0) is 28.3. The molecular formula is C27H19ClF3N3O5. The van der Waals surface area contributed by atoms with Crippen LogP contribution in [0.1, 0.15) is 33.2 Å². The molecule has 0 aliphatic carbocycles. The summed E-state index contributed by atoms with van der Waals surface area (Å²) in [5, 5.41) is 4.58. The van der Waals surface area contributed by atoms with Gasteiger partial charge in [0.2, 0.25) is 0 Å². The zero-order valence-electron chi connectivity index (χ0n) is 20.1. The van der Waals surface area contributed by atoms with Crippen molar-refractivity contribution in [3.63, 3.8) is 0 Å². The lowest BCUT2D eigenvalue weighted by molar-refractivity contribution is -0.137. The van der Waals surface area contributed by atoms with E-state index >= 15 is 0 Å². The highest BCUT2D eigenvalue weighted by Gasteiger charge is 2.39. The summed E-state index contributed by atoms with van der Waals surface area (Å²) in [6.45, 7) is 1.79. The zero-order valence-corrected chi connectivity index (χ0v) is 20.9. The van der Waals surface area contributed by atoms with Gasteiger partial charge in [-0.05, 0) is 61.5 Å². The van der Waals surface area contributed by atoms with Crippen molar-refractivity contribution < 1.29 is 37.1 Å². The molecule has 0 aromatic heterocycles. The lowest BCUT2D eigenvalue weighted by Crippen LogP contribution is -2.32. The molecule has 1 aliphatic heterocycles. The molecule has 12 heteroatoms. The Morgan fingerprint density at radius 1 is 0.923 bits per heavy atom. The van der Waals surface area contributed by atoms with Crippen molar-refractivity contribution in [2.24, 2.45) is 0 Å². The highest BCUT2D eigenvalue weighted by molar-refractivity contribution is 6.53. The van der Waals surface area contributed by atoms with Crippen molar-refractivity contribution >= 4 is 52.4 Å². The Kier molecular flexibility index (Phi) is 7.73. The van der Waals surface area contributed by atoms with E-state index in [1.165, 1.54) is 60.7 Å². The van der Waals surface area contributed by atoms with Gasteiger partial charge >= 0.3 is 12.1 Å². The van der Waals surface area contributed by atoms with E-state index in [0.717, 1.165) is 17.0 Å². The molecule has 0 spiro atoms. The Morgan fingerprint density at radius 2 is 1.62 bits per heavy atom. The van der Waals surface area contributed by atoms with Crippen LogP contribution in [0.5, 0.6) is 0 Å². The molecule has 3 aromatic rings. The van der Waals surface area contributed by atoms with E-state index in [2.05, 4.69) is 10.6 Å². The number of amides is 3. The third-order valence-corrected chi connectivity index (χ3v) is 5.89. The largest absolute Gasteiger partial charge is 0.462 e. The van der Waals surface area contributed by atoms with E-state index < -0.39 is 46.2 Å². The van der Waals surface area contributed by atoms with Crippen molar-refractivity contribution in [2.45, 2.75) is 13.1 Å². The topological polar surface area (TPSA) is 105 Å². The summed E-state index contributed by atoms with van der Waals surface area (Å²) in [4.78, 5) is 51.2. The van der Waals surface area contributed by atoms with E-state index in [1.54, 1.807) is 6.92 Å². The number of ether oxygens (including phenoxy) is 1. The minimum absolute atomic E-state index is 0.0452. The van der Waals surface area contributed by atoms with Gasteiger partial charge in [-0.3, -0.25) is 14.4 Å². The first-order valence-corrected chi connectivity index (χ1v) is 11.8. The van der Waals surface area contributed by atoms with Crippen LogP contribution in [0.25, 0.3) is 0 Å². The molecule has 3 aromatic carbocycles. The number of alkyl halides is 3. The van der Waals surface area contributed by atoms with Crippen LogP contribution in [0.4, 0.5) is 30.2 Å². The van der Waals surface area contributed by atoms with Gasteiger partial charge in [-0.2, -0.15) is 13.2 Å². The van der Waals surface area contributed by atoms with Gasteiger partial charge in [-0.15, -0.1) is 0 Å².